The van der Waals surface area contributed by atoms with Crippen molar-refractivity contribution in [2.24, 2.45) is 50.2 Å². The molecule has 4 fully saturated rings. The zero-order valence-electron chi connectivity index (χ0n) is 23.9. The van der Waals surface area contributed by atoms with Crippen molar-refractivity contribution in [2.45, 2.75) is 118 Å². The molecule has 0 aromatic rings. The third-order valence-electron chi connectivity index (χ3n) is 13.3. The lowest BCUT2D eigenvalue weighted by Crippen LogP contribution is -2.72. The minimum Gasteiger partial charge on any atom is -0.468 e. The van der Waals surface area contributed by atoms with Gasteiger partial charge in [-0.1, -0.05) is 60.1 Å². The van der Waals surface area contributed by atoms with Gasteiger partial charge < -0.3 is 20.1 Å². The highest BCUT2D eigenvalue weighted by molar-refractivity contribution is 5.80. The average molecular weight is 503 g/mol. The average Bonchev–Trinajstić information content (AvgIpc) is 2.80. The van der Waals surface area contributed by atoms with Crippen LogP contribution in [0.5, 0.6) is 0 Å². The number of carbonyl (C=O) groups excluding carboxylic acids is 1. The Morgan fingerprint density at radius 2 is 1.56 bits per heavy atom. The highest BCUT2D eigenvalue weighted by Crippen LogP contribution is 2.75. The maximum atomic E-state index is 13.4. The van der Waals surface area contributed by atoms with E-state index in [-0.39, 0.29) is 39.7 Å². The molecular weight excluding hydrogens is 452 g/mol. The summed E-state index contributed by atoms with van der Waals surface area (Å²) in [6.07, 6.45) is 6.77. The van der Waals surface area contributed by atoms with Crippen LogP contribution in [0, 0.1) is 50.2 Å². The molecule has 0 heterocycles. The first-order valence-electron chi connectivity index (χ1n) is 14.4. The van der Waals surface area contributed by atoms with Crippen molar-refractivity contribution >= 4 is 5.97 Å². The van der Waals surface area contributed by atoms with E-state index in [0.29, 0.717) is 18.3 Å². The highest BCUT2D eigenvalue weighted by atomic mass is 16.5. The molecule has 0 radical (unpaired) electrons. The SMILES string of the molecule is COC(=O)C12CCC(C)(C)CC1C1=CCC3C4(C)CCC(O)C(C)(C)C4CCC3(C)C1(C)C(O)C2O. The smallest absolute Gasteiger partial charge is 0.315 e. The number of methoxy groups -OCH3 is 1. The number of rotatable bonds is 1. The zero-order chi connectivity index (χ0) is 26.7. The molecule has 5 aliphatic rings. The van der Waals surface area contributed by atoms with Crippen LogP contribution in [0.15, 0.2) is 11.6 Å². The van der Waals surface area contributed by atoms with Crippen molar-refractivity contribution in [3.63, 3.8) is 0 Å². The van der Waals surface area contributed by atoms with Crippen LogP contribution in [-0.2, 0) is 9.53 Å². The van der Waals surface area contributed by atoms with Crippen LogP contribution in [0.25, 0.3) is 0 Å². The van der Waals surface area contributed by atoms with Gasteiger partial charge in [0.25, 0.3) is 0 Å². The van der Waals surface area contributed by atoms with E-state index in [1.54, 1.807) is 0 Å². The lowest BCUT2D eigenvalue weighted by Gasteiger charge is -2.72. The first kappa shape index (κ1) is 26.7. The van der Waals surface area contributed by atoms with Gasteiger partial charge in [0.2, 0.25) is 0 Å². The number of ether oxygens (including phenoxy) is 1. The number of hydrogen-bond donors (Lipinski definition) is 3. The zero-order valence-corrected chi connectivity index (χ0v) is 23.9. The second kappa shape index (κ2) is 7.82. The Kier molecular flexibility index (Phi) is 5.80. The van der Waals surface area contributed by atoms with Crippen LogP contribution in [0.3, 0.4) is 0 Å². The Labute approximate surface area is 218 Å². The number of aliphatic hydroxyl groups is 3. The van der Waals surface area contributed by atoms with E-state index in [2.05, 4.69) is 54.5 Å². The van der Waals surface area contributed by atoms with Gasteiger partial charge in [0.05, 0.1) is 25.4 Å². The van der Waals surface area contributed by atoms with Crippen molar-refractivity contribution in [3.05, 3.63) is 11.6 Å². The molecule has 5 nitrogen and oxygen atoms in total. The van der Waals surface area contributed by atoms with E-state index < -0.39 is 23.0 Å². The number of esters is 1. The summed E-state index contributed by atoms with van der Waals surface area (Å²) in [4.78, 5) is 13.4. The van der Waals surface area contributed by atoms with Crippen molar-refractivity contribution < 1.29 is 24.9 Å². The lowest BCUT2D eigenvalue weighted by atomic mass is 9.32. The number of hydrogen-bond acceptors (Lipinski definition) is 5. The molecule has 0 spiro atoms. The number of carbonyl (C=O) groups is 1. The molecule has 0 aliphatic heterocycles. The van der Waals surface area contributed by atoms with E-state index in [4.69, 9.17) is 4.74 Å². The fourth-order valence-electron chi connectivity index (χ4n) is 10.9. The van der Waals surface area contributed by atoms with Crippen LogP contribution >= 0.6 is 0 Å². The lowest BCUT2D eigenvalue weighted by molar-refractivity contribution is -0.252. The molecule has 10 unspecified atom stereocenters. The molecule has 5 heteroatoms. The Morgan fingerprint density at radius 3 is 2.19 bits per heavy atom. The molecule has 0 saturated heterocycles. The molecule has 5 rings (SSSR count). The fourth-order valence-corrected chi connectivity index (χ4v) is 10.9. The van der Waals surface area contributed by atoms with Crippen LogP contribution < -0.4 is 0 Å². The predicted molar refractivity (Wildman–Crippen MR) is 140 cm³/mol. The second-order valence-electron chi connectivity index (χ2n) is 15.4. The predicted octanol–water partition coefficient (Wildman–Crippen LogP) is 5.26. The molecule has 0 amide bonds. The van der Waals surface area contributed by atoms with Gasteiger partial charge in [-0.15, -0.1) is 0 Å². The summed E-state index contributed by atoms with van der Waals surface area (Å²) in [5, 5.41) is 34.9. The van der Waals surface area contributed by atoms with Gasteiger partial charge in [-0.25, -0.2) is 0 Å². The molecule has 10 atom stereocenters. The van der Waals surface area contributed by atoms with Gasteiger partial charge in [0.15, 0.2) is 0 Å². The second-order valence-corrected chi connectivity index (χ2v) is 15.4. The Balaban J connectivity index is 1.67. The van der Waals surface area contributed by atoms with E-state index in [1.807, 2.05) is 0 Å². The van der Waals surface area contributed by atoms with Gasteiger partial charge >= 0.3 is 5.97 Å². The minimum atomic E-state index is -1.15. The molecule has 0 aromatic carbocycles. The van der Waals surface area contributed by atoms with Gasteiger partial charge in [0.1, 0.15) is 5.41 Å². The van der Waals surface area contributed by atoms with E-state index in [0.717, 1.165) is 44.9 Å². The van der Waals surface area contributed by atoms with E-state index in [1.165, 1.54) is 12.7 Å². The summed E-state index contributed by atoms with van der Waals surface area (Å²) in [6, 6.07) is 0. The van der Waals surface area contributed by atoms with Crippen LogP contribution in [0.1, 0.15) is 99.8 Å². The van der Waals surface area contributed by atoms with Gasteiger partial charge in [-0.3, -0.25) is 4.79 Å². The number of allylic oxidation sites excluding steroid dienone is 1. The summed E-state index contributed by atoms with van der Waals surface area (Å²) in [5.74, 6) is 0.251. The maximum absolute atomic E-state index is 13.4. The standard InChI is InChI=1S/C31H50O5/c1-26(2)15-16-31(25(35)36-8)19(17-26)18-9-10-21-28(5)13-12-22(32)27(3,4)20(28)11-14-29(21,6)30(18,7)23(33)24(31)34/h9,19-24,32-34H,10-17H2,1-8H3. The summed E-state index contributed by atoms with van der Waals surface area (Å²) >= 11 is 0. The summed E-state index contributed by atoms with van der Waals surface area (Å²) in [5.41, 5.74) is -0.780. The molecule has 204 valence electrons. The van der Waals surface area contributed by atoms with Crippen LogP contribution in [-0.4, -0.2) is 46.7 Å². The molecule has 4 saturated carbocycles. The quantitative estimate of drug-likeness (QED) is 0.336. The van der Waals surface area contributed by atoms with E-state index in [9.17, 15) is 20.1 Å². The van der Waals surface area contributed by atoms with Crippen molar-refractivity contribution in [3.8, 4) is 0 Å². The normalized spacial score (nSPS) is 53.1. The molecule has 0 bridgehead atoms. The van der Waals surface area contributed by atoms with Crippen LogP contribution in [0.4, 0.5) is 0 Å². The largest absolute Gasteiger partial charge is 0.468 e. The monoisotopic (exact) mass is 502 g/mol. The van der Waals surface area contributed by atoms with Crippen molar-refractivity contribution in [1.29, 1.82) is 0 Å². The van der Waals surface area contributed by atoms with Gasteiger partial charge in [-0.05, 0) is 90.8 Å². The fraction of sp³-hybridized carbons (Fsp3) is 0.903. The Morgan fingerprint density at radius 1 is 0.889 bits per heavy atom. The maximum Gasteiger partial charge on any atom is 0.315 e. The highest BCUT2D eigenvalue weighted by Gasteiger charge is 2.74. The number of aliphatic hydroxyl groups excluding tert-OH is 3. The molecule has 36 heavy (non-hydrogen) atoms. The number of fused-ring (bicyclic) bond motifs is 7. The Bertz CT molecular complexity index is 968. The van der Waals surface area contributed by atoms with Gasteiger partial charge in [0, 0.05) is 5.41 Å². The van der Waals surface area contributed by atoms with Crippen molar-refractivity contribution in [1.82, 2.24) is 0 Å². The summed E-state index contributed by atoms with van der Waals surface area (Å²) < 4.78 is 5.34. The third-order valence-corrected chi connectivity index (χ3v) is 13.3. The first-order chi connectivity index (χ1) is 16.5. The molecule has 0 aromatic heterocycles. The topological polar surface area (TPSA) is 87.0 Å². The molecule has 5 aliphatic carbocycles. The summed E-state index contributed by atoms with van der Waals surface area (Å²) in [6.45, 7) is 16.0. The summed E-state index contributed by atoms with van der Waals surface area (Å²) in [7, 11) is 1.41. The minimum absolute atomic E-state index is 0.0498. The molecular formula is C31H50O5. The van der Waals surface area contributed by atoms with Gasteiger partial charge in [-0.2, -0.15) is 0 Å². The molecule has 3 N–H and O–H groups in total. The third kappa shape index (κ3) is 2.97. The first-order valence-corrected chi connectivity index (χ1v) is 14.4. The van der Waals surface area contributed by atoms with E-state index >= 15 is 0 Å². The Hall–Kier alpha value is -0.910. The van der Waals surface area contributed by atoms with Crippen LogP contribution in [0.2, 0.25) is 0 Å². The van der Waals surface area contributed by atoms with Crippen molar-refractivity contribution in [2.75, 3.05) is 7.11 Å².